The third-order valence-corrected chi connectivity index (χ3v) is 4.18. The van der Waals surface area contributed by atoms with Gasteiger partial charge in [0.05, 0.1) is 0 Å². The number of ether oxygens (including phenoxy) is 1. The van der Waals surface area contributed by atoms with Crippen LogP contribution in [0.3, 0.4) is 0 Å². The average Bonchev–Trinajstić information content (AvgIpc) is 2.68. The fourth-order valence-corrected chi connectivity index (χ4v) is 2.72. The Morgan fingerprint density at radius 2 is 1.82 bits per heavy atom. The quantitative estimate of drug-likeness (QED) is 0.516. The van der Waals surface area contributed by atoms with Crippen molar-refractivity contribution in [2.75, 3.05) is 0 Å². The van der Waals surface area contributed by atoms with Gasteiger partial charge in [0, 0.05) is 22.8 Å². The summed E-state index contributed by atoms with van der Waals surface area (Å²) in [5.41, 5.74) is 2.33. The minimum Gasteiger partial charge on any atom is -0.489 e. The van der Waals surface area contributed by atoms with Gasteiger partial charge in [-0.05, 0) is 42.8 Å². The van der Waals surface area contributed by atoms with Crippen LogP contribution in [0.5, 0.6) is 5.75 Å². The van der Waals surface area contributed by atoms with E-state index in [-0.39, 0.29) is 17.7 Å². The number of hydrogen-bond donors (Lipinski definition) is 1. The number of hydrogen-bond acceptors (Lipinski definition) is 3. The van der Waals surface area contributed by atoms with Crippen LogP contribution in [-0.2, 0) is 6.61 Å². The lowest BCUT2D eigenvalue weighted by molar-refractivity contribution is 0.0970. The first-order chi connectivity index (χ1) is 13.5. The molecule has 4 nitrogen and oxygen atoms in total. The summed E-state index contributed by atoms with van der Waals surface area (Å²) < 4.78 is 33.0. The second kappa shape index (κ2) is 8.31. The summed E-state index contributed by atoms with van der Waals surface area (Å²) in [6.45, 7) is 2.05. The highest BCUT2D eigenvalue weighted by molar-refractivity contribution is 5.97. The summed E-state index contributed by atoms with van der Waals surface area (Å²) in [5, 5.41) is 10.8. The SMILES string of the molecule is Cc1ccc(OCc2ccc(-c3ccc(F)cc3F)cc2C(=O)NC#N)cc1. The maximum absolute atomic E-state index is 14.1. The zero-order chi connectivity index (χ0) is 20.1. The largest absolute Gasteiger partial charge is 0.489 e. The first-order valence-electron chi connectivity index (χ1n) is 8.45. The number of aryl methyl sites for hydroxylation is 1. The van der Waals surface area contributed by atoms with E-state index in [1.165, 1.54) is 12.1 Å². The molecular formula is C22H16F2N2O2. The number of carbonyl (C=O) groups excluding carboxylic acids is 1. The zero-order valence-electron chi connectivity index (χ0n) is 15.0. The Morgan fingerprint density at radius 1 is 1.07 bits per heavy atom. The van der Waals surface area contributed by atoms with Gasteiger partial charge in [-0.1, -0.05) is 29.8 Å². The standard InChI is InChI=1S/C22H16F2N2O2/c1-14-2-7-18(8-3-14)28-12-16-5-4-15(10-20(16)22(27)26-13-25)19-9-6-17(23)11-21(19)24/h2-11H,12H2,1H3,(H,26,27). The third-order valence-electron chi connectivity index (χ3n) is 4.18. The van der Waals surface area contributed by atoms with Crippen molar-refractivity contribution >= 4 is 5.91 Å². The molecule has 3 aromatic rings. The van der Waals surface area contributed by atoms with Crippen molar-refractivity contribution < 1.29 is 18.3 Å². The van der Waals surface area contributed by atoms with E-state index in [1.54, 1.807) is 18.3 Å². The average molecular weight is 378 g/mol. The number of nitrogens with zero attached hydrogens (tertiary/aromatic N) is 1. The first kappa shape index (κ1) is 19.1. The van der Waals surface area contributed by atoms with Gasteiger partial charge < -0.3 is 4.74 Å². The Balaban J connectivity index is 1.94. The number of carbonyl (C=O) groups is 1. The van der Waals surface area contributed by atoms with Gasteiger partial charge in [0.2, 0.25) is 0 Å². The van der Waals surface area contributed by atoms with Crippen LogP contribution in [0, 0.1) is 30.0 Å². The van der Waals surface area contributed by atoms with Crippen LogP contribution in [0.2, 0.25) is 0 Å². The van der Waals surface area contributed by atoms with Gasteiger partial charge in [-0.2, -0.15) is 5.26 Å². The molecule has 3 rings (SSSR count). The molecule has 0 saturated carbocycles. The topological polar surface area (TPSA) is 62.1 Å². The Bertz CT molecular complexity index is 1060. The Morgan fingerprint density at radius 3 is 2.50 bits per heavy atom. The minimum atomic E-state index is -0.740. The van der Waals surface area contributed by atoms with E-state index in [9.17, 15) is 13.6 Å². The lowest BCUT2D eigenvalue weighted by Gasteiger charge is -2.12. The monoisotopic (exact) mass is 378 g/mol. The molecule has 28 heavy (non-hydrogen) atoms. The Labute approximate surface area is 161 Å². The van der Waals surface area contributed by atoms with E-state index < -0.39 is 17.5 Å². The molecule has 0 unspecified atom stereocenters. The van der Waals surface area contributed by atoms with E-state index in [2.05, 4.69) is 5.32 Å². The minimum absolute atomic E-state index is 0.0867. The Hall–Kier alpha value is -3.72. The number of halogens is 2. The highest BCUT2D eigenvalue weighted by atomic mass is 19.1. The molecule has 0 aliphatic rings. The molecule has 0 aliphatic carbocycles. The fraction of sp³-hybridized carbons (Fsp3) is 0.0909. The molecule has 6 heteroatoms. The third kappa shape index (κ3) is 4.33. The van der Waals surface area contributed by atoms with E-state index in [0.717, 1.165) is 17.7 Å². The van der Waals surface area contributed by atoms with Crippen molar-refractivity contribution in [3.05, 3.63) is 89.0 Å². The van der Waals surface area contributed by atoms with Gasteiger partial charge in [0.15, 0.2) is 6.19 Å². The van der Waals surface area contributed by atoms with Gasteiger partial charge in [-0.3, -0.25) is 10.1 Å². The molecule has 0 bridgehead atoms. The van der Waals surface area contributed by atoms with Gasteiger partial charge >= 0.3 is 0 Å². The first-order valence-corrected chi connectivity index (χ1v) is 8.45. The summed E-state index contributed by atoms with van der Waals surface area (Å²) in [6.07, 6.45) is 1.59. The number of nitrogens with one attached hydrogen (secondary N) is 1. The summed E-state index contributed by atoms with van der Waals surface area (Å²) in [4.78, 5) is 12.3. The molecule has 1 amide bonds. The lowest BCUT2D eigenvalue weighted by atomic mass is 9.98. The molecule has 0 fully saturated rings. The molecule has 3 aromatic carbocycles. The van der Waals surface area contributed by atoms with Crippen LogP contribution in [0.25, 0.3) is 11.1 Å². The summed E-state index contributed by atoms with van der Waals surface area (Å²) >= 11 is 0. The number of benzene rings is 3. The maximum atomic E-state index is 14.1. The number of amides is 1. The van der Waals surface area contributed by atoms with Crippen molar-refractivity contribution in [3.63, 3.8) is 0 Å². The predicted molar refractivity (Wildman–Crippen MR) is 100 cm³/mol. The molecule has 0 heterocycles. The number of nitriles is 1. The van der Waals surface area contributed by atoms with Crippen LogP contribution >= 0.6 is 0 Å². The molecule has 140 valence electrons. The van der Waals surface area contributed by atoms with Crippen LogP contribution in [-0.4, -0.2) is 5.91 Å². The van der Waals surface area contributed by atoms with Gasteiger partial charge in [-0.15, -0.1) is 0 Å². The van der Waals surface area contributed by atoms with E-state index in [4.69, 9.17) is 10.00 Å². The molecular weight excluding hydrogens is 362 g/mol. The van der Waals surface area contributed by atoms with Crippen molar-refractivity contribution in [3.8, 4) is 23.1 Å². The smallest absolute Gasteiger partial charge is 0.264 e. The highest BCUT2D eigenvalue weighted by Gasteiger charge is 2.15. The molecule has 0 aromatic heterocycles. The maximum Gasteiger partial charge on any atom is 0.264 e. The molecule has 0 saturated heterocycles. The molecule has 1 N–H and O–H groups in total. The highest BCUT2D eigenvalue weighted by Crippen LogP contribution is 2.27. The van der Waals surface area contributed by atoms with Crippen molar-refractivity contribution in [2.45, 2.75) is 13.5 Å². The van der Waals surface area contributed by atoms with E-state index >= 15 is 0 Å². The number of rotatable bonds is 5. The van der Waals surface area contributed by atoms with Gasteiger partial charge in [-0.25, -0.2) is 8.78 Å². The molecule has 0 radical (unpaired) electrons. The van der Waals surface area contributed by atoms with Crippen molar-refractivity contribution in [1.29, 1.82) is 5.26 Å². The normalized spacial score (nSPS) is 10.2. The van der Waals surface area contributed by atoms with Crippen LogP contribution in [0.1, 0.15) is 21.5 Å². The Kier molecular flexibility index (Phi) is 5.66. The van der Waals surface area contributed by atoms with Crippen molar-refractivity contribution in [1.82, 2.24) is 5.32 Å². The summed E-state index contributed by atoms with van der Waals surface area (Å²) in [6, 6.07) is 15.3. The van der Waals surface area contributed by atoms with Crippen molar-refractivity contribution in [2.24, 2.45) is 0 Å². The van der Waals surface area contributed by atoms with Crippen LogP contribution < -0.4 is 10.1 Å². The molecule has 0 spiro atoms. The van der Waals surface area contributed by atoms with Crippen LogP contribution in [0.15, 0.2) is 60.7 Å². The van der Waals surface area contributed by atoms with E-state index in [1.807, 2.05) is 31.2 Å². The second-order valence-electron chi connectivity index (χ2n) is 6.16. The predicted octanol–water partition coefficient (Wildman–Crippen LogP) is 4.73. The second-order valence-corrected chi connectivity index (χ2v) is 6.16. The summed E-state index contributed by atoms with van der Waals surface area (Å²) in [5.74, 6) is -1.43. The fourth-order valence-electron chi connectivity index (χ4n) is 2.72. The van der Waals surface area contributed by atoms with E-state index in [0.29, 0.717) is 16.9 Å². The summed E-state index contributed by atoms with van der Waals surface area (Å²) in [7, 11) is 0. The van der Waals surface area contributed by atoms with Gasteiger partial charge in [0.1, 0.15) is 24.0 Å². The van der Waals surface area contributed by atoms with Crippen LogP contribution in [0.4, 0.5) is 8.78 Å². The van der Waals surface area contributed by atoms with Gasteiger partial charge in [0.25, 0.3) is 5.91 Å². The molecule has 0 aliphatic heterocycles. The zero-order valence-corrected chi connectivity index (χ0v) is 15.0. The lowest BCUT2D eigenvalue weighted by Crippen LogP contribution is -2.20. The molecule has 0 atom stereocenters.